The van der Waals surface area contributed by atoms with Gasteiger partial charge in [0.15, 0.2) is 27.1 Å². The molecule has 1 aliphatic heterocycles. The van der Waals surface area contributed by atoms with Crippen molar-refractivity contribution in [2.75, 3.05) is 13.2 Å². The molecule has 0 amide bonds. The third-order valence-electron chi connectivity index (χ3n) is 7.07. The van der Waals surface area contributed by atoms with E-state index in [9.17, 15) is 4.79 Å². The molecule has 1 aromatic rings. The molecule has 0 saturated carbocycles. The van der Waals surface area contributed by atoms with Crippen LogP contribution < -0.4 is 5.56 Å². The number of hydrogen-bond donors (Lipinski definition) is 1. The van der Waals surface area contributed by atoms with Crippen LogP contribution in [0.3, 0.4) is 0 Å². The highest BCUT2D eigenvalue weighted by Gasteiger charge is 2.57. The summed E-state index contributed by atoms with van der Waals surface area (Å²) in [5.41, 5.74) is -1.47. The Kier molecular flexibility index (Phi) is 7.11. The lowest BCUT2D eigenvalue weighted by Gasteiger charge is -2.44. The molecule has 6 nitrogen and oxygen atoms in total. The van der Waals surface area contributed by atoms with E-state index in [2.05, 4.69) is 72.7 Å². The zero-order chi connectivity index (χ0) is 24.1. The molecule has 1 saturated heterocycles. The third-order valence-corrected chi connectivity index (χ3v) is 16.3. The number of H-pyrrole nitrogens is 1. The van der Waals surface area contributed by atoms with Crippen molar-refractivity contribution < 1.29 is 18.0 Å². The maximum Gasteiger partial charge on any atom is 0.251 e. The molecule has 0 unspecified atom stereocenters. The first-order valence-corrected chi connectivity index (χ1v) is 17.0. The Bertz CT molecular complexity index is 919. The van der Waals surface area contributed by atoms with Gasteiger partial charge in [0.2, 0.25) is 5.85 Å². The van der Waals surface area contributed by atoms with E-state index in [1.54, 1.807) is 10.8 Å². The Labute approximate surface area is 192 Å². The van der Waals surface area contributed by atoms with Crippen molar-refractivity contribution in [3.63, 3.8) is 0 Å². The highest BCUT2D eigenvalue weighted by Crippen LogP contribution is 2.48. The van der Waals surface area contributed by atoms with Gasteiger partial charge in [0.05, 0.1) is 19.6 Å². The van der Waals surface area contributed by atoms with E-state index in [1.807, 2.05) is 0 Å². The largest absolute Gasteiger partial charge is 0.411 e. The Morgan fingerprint density at radius 3 is 2.19 bits per heavy atom. The number of aromatic nitrogens is 2. The lowest BCUT2D eigenvalue weighted by molar-refractivity contribution is -0.132. The van der Waals surface area contributed by atoms with Gasteiger partial charge in [-0.05, 0) is 48.5 Å². The monoisotopic (exact) mass is 490 g/mol. The van der Waals surface area contributed by atoms with Crippen LogP contribution in [0.15, 0.2) is 17.1 Å². The number of nitrogens with zero attached hydrogens (tertiary/aromatic N) is 1. The van der Waals surface area contributed by atoms with Gasteiger partial charge in [-0.15, -0.1) is 0 Å². The fraction of sp³-hybridized carbons (Fsp3) is 0.810. The molecule has 178 valence electrons. The molecule has 10 heteroatoms. The Hall–Kier alpha value is -0.656. The molecular weight excluding hydrogens is 451 g/mol. The topological polar surface area (TPSA) is 65.5 Å². The summed E-state index contributed by atoms with van der Waals surface area (Å²) in [6.07, 6.45) is 1.50. The molecule has 2 atom stereocenters. The average molecular weight is 491 g/mol. The fourth-order valence-electron chi connectivity index (χ4n) is 2.99. The molecule has 31 heavy (non-hydrogen) atoms. The summed E-state index contributed by atoms with van der Waals surface area (Å²) in [7, 11) is -4.52. The van der Waals surface area contributed by atoms with Gasteiger partial charge in [-0.2, -0.15) is 0 Å². The van der Waals surface area contributed by atoms with Crippen molar-refractivity contribution in [2.45, 2.75) is 95.8 Å². The second-order valence-electron chi connectivity index (χ2n) is 11.7. The van der Waals surface area contributed by atoms with E-state index < -0.39 is 28.2 Å². The van der Waals surface area contributed by atoms with Crippen molar-refractivity contribution in [1.29, 1.82) is 0 Å². The zero-order valence-corrected chi connectivity index (χ0v) is 23.5. The second kappa shape index (κ2) is 8.28. The van der Waals surface area contributed by atoms with Crippen molar-refractivity contribution >= 4 is 28.9 Å². The van der Waals surface area contributed by atoms with Gasteiger partial charge in [0.25, 0.3) is 5.56 Å². The maximum absolute atomic E-state index is 16.0. The molecule has 0 spiro atoms. The first kappa shape index (κ1) is 26.6. The standard InChI is InChI=1S/C21H39FN2O4SSi2/c1-18(2,3)30(7,8)27-14-20(22)13-21(15-26-20,28-31(9,10)19(4,5)6)24-12-11-16(25)23-17(24)29/h11-12H,13-15H2,1-10H3,(H,23,25,29)/t20-,21-/m0/s1. The molecule has 0 bridgehead atoms. The zero-order valence-electron chi connectivity index (χ0n) is 20.6. The number of aromatic amines is 1. The van der Waals surface area contributed by atoms with Crippen molar-refractivity contribution in [3.8, 4) is 0 Å². The first-order valence-electron chi connectivity index (χ1n) is 10.7. The van der Waals surface area contributed by atoms with Crippen molar-refractivity contribution in [2.24, 2.45) is 0 Å². The second-order valence-corrected chi connectivity index (χ2v) is 21.6. The van der Waals surface area contributed by atoms with Crippen LogP contribution in [0.2, 0.25) is 36.3 Å². The van der Waals surface area contributed by atoms with Crippen LogP contribution in [0.4, 0.5) is 4.39 Å². The SMILES string of the molecule is CC(C)(C)[Si](C)(C)OC[C@]1(F)C[C@@](O[Si](C)(C)C(C)(C)C)(n2ccc(=O)[nH]c2=S)CO1. The van der Waals surface area contributed by atoms with Crippen molar-refractivity contribution in [3.05, 3.63) is 27.4 Å². The minimum absolute atomic E-state index is 0.0166. The fourth-order valence-corrected chi connectivity index (χ4v) is 5.81. The predicted octanol–water partition coefficient (Wildman–Crippen LogP) is 5.69. The van der Waals surface area contributed by atoms with E-state index in [-0.39, 0.29) is 40.0 Å². The highest BCUT2D eigenvalue weighted by atomic mass is 32.1. The lowest BCUT2D eigenvalue weighted by Crippen LogP contribution is -2.52. The van der Waals surface area contributed by atoms with Crippen LogP contribution in [0.25, 0.3) is 0 Å². The van der Waals surface area contributed by atoms with Gasteiger partial charge in [-0.3, -0.25) is 14.3 Å². The molecule has 1 N–H and O–H groups in total. The number of alkyl halides is 1. The van der Waals surface area contributed by atoms with Gasteiger partial charge < -0.3 is 13.6 Å². The summed E-state index contributed by atoms with van der Waals surface area (Å²) in [6.45, 7) is 20.9. The van der Waals surface area contributed by atoms with Gasteiger partial charge >= 0.3 is 0 Å². The number of halogens is 1. The molecular formula is C21H39FN2O4SSi2. The summed E-state index contributed by atoms with van der Waals surface area (Å²) < 4.78 is 36.5. The summed E-state index contributed by atoms with van der Waals surface area (Å²) in [5, 5.41) is -0.151. The Morgan fingerprint density at radius 1 is 1.16 bits per heavy atom. The van der Waals surface area contributed by atoms with Crippen LogP contribution in [-0.4, -0.2) is 45.3 Å². The summed E-state index contributed by atoms with van der Waals surface area (Å²) in [4.78, 5) is 14.4. The summed E-state index contributed by atoms with van der Waals surface area (Å²) >= 11 is 5.42. The van der Waals surface area contributed by atoms with Crippen LogP contribution in [-0.2, 0) is 19.3 Å². The smallest absolute Gasteiger partial charge is 0.251 e. The van der Waals surface area contributed by atoms with Crippen molar-refractivity contribution in [1.82, 2.24) is 9.55 Å². The molecule has 2 rings (SSSR count). The van der Waals surface area contributed by atoms with E-state index in [0.29, 0.717) is 0 Å². The molecule has 1 aliphatic rings. The third kappa shape index (κ3) is 5.64. The van der Waals surface area contributed by atoms with Gasteiger partial charge in [-0.1, -0.05) is 41.5 Å². The van der Waals surface area contributed by atoms with Crippen LogP contribution in [0.1, 0.15) is 48.0 Å². The van der Waals surface area contributed by atoms with Crippen LogP contribution >= 0.6 is 12.2 Å². The maximum atomic E-state index is 16.0. The highest BCUT2D eigenvalue weighted by molar-refractivity contribution is 7.71. The van der Waals surface area contributed by atoms with Crippen LogP contribution in [0, 0.1) is 4.77 Å². The number of rotatable bonds is 6. The molecule has 0 aliphatic carbocycles. The minimum Gasteiger partial charge on any atom is -0.411 e. The lowest BCUT2D eigenvalue weighted by atomic mass is 10.1. The van der Waals surface area contributed by atoms with Crippen LogP contribution in [0.5, 0.6) is 0 Å². The van der Waals surface area contributed by atoms with E-state index >= 15 is 4.39 Å². The number of hydrogen-bond acceptors (Lipinski definition) is 5. The van der Waals surface area contributed by atoms with E-state index in [0.717, 1.165) is 0 Å². The van der Waals surface area contributed by atoms with E-state index in [1.165, 1.54) is 6.07 Å². The predicted molar refractivity (Wildman–Crippen MR) is 130 cm³/mol. The summed E-state index contributed by atoms with van der Waals surface area (Å²) in [6, 6.07) is 1.37. The van der Waals surface area contributed by atoms with E-state index in [4.69, 9.17) is 25.8 Å². The molecule has 0 aromatic carbocycles. The number of nitrogens with one attached hydrogen (secondary N) is 1. The molecule has 1 fully saturated rings. The van der Waals surface area contributed by atoms with Gasteiger partial charge in [0.1, 0.15) is 0 Å². The summed E-state index contributed by atoms with van der Waals surface area (Å²) in [5.74, 6) is -2.01. The molecule has 1 aromatic heterocycles. The Morgan fingerprint density at radius 2 is 1.71 bits per heavy atom. The molecule has 2 heterocycles. The first-order chi connectivity index (χ1) is 13.7. The van der Waals surface area contributed by atoms with Gasteiger partial charge in [-0.25, -0.2) is 4.39 Å². The quantitative estimate of drug-likeness (QED) is 0.410. The minimum atomic E-state index is -2.35. The Balaban J connectivity index is 2.44. The number of ether oxygens (including phenoxy) is 1. The van der Waals surface area contributed by atoms with Gasteiger partial charge in [0, 0.05) is 12.3 Å². The normalized spacial score (nSPS) is 25.8. The molecule has 0 radical (unpaired) electrons. The average Bonchev–Trinajstić information content (AvgIpc) is 2.88.